The first-order chi connectivity index (χ1) is 20.0. The Morgan fingerprint density at radius 3 is 2.34 bits per heavy atom. The van der Waals surface area contributed by atoms with Crippen LogP contribution in [0.25, 0.3) is 21.9 Å². The normalized spacial score (nSPS) is 17.0. The summed E-state index contributed by atoms with van der Waals surface area (Å²) in [6, 6.07) is 28.1. The number of unbranched alkanes of at least 4 members (excludes halogenated alkanes) is 1. The number of carbonyl (C=O) groups is 3. The standard InChI is InChI=1S/C34H35N3O4/c1-41-34(40)29-11-5-4-10-28(29)26-17-13-23(14-18-26)22-37-31(12-6-7-19-35)32(38)36-30(33(37)39)21-24-15-16-25-8-2-3-9-27(25)20-24/h2-5,8-11,13-18,20,30-31H,6-7,12,19,21-22,35H2,1H3,(H,36,38). The molecule has 0 saturated carbocycles. The van der Waals surface area contributed by atoms with Gasteiger partial charge in [-0.25, -0.2) is 4.79 Å². The van der Waals surface area contributed by atoms with Gasteiger partial charge in [0.05, 0.1) is 12.7 Å². The summed E-state index contributed by atoms with van der Waals surface area (Å²) in [4.78, 5) is 41.2. The fraction of sp³-hybridized carbons (Fsp3) is 0.265. The maximum atomic E-state index is 13.9. The van der Waals surface area contributed by atoms with Crippen LogP contribution in [0.4, 0.5) is 0 Å². The summed E-state index contributed by atoms with van der Waals surface area (Å²) in [6.45, 7) is 0.855. The maximum Gasteiger partial charge on any atom is 0.338 e. The van der Waals surface area contributed by atoms with Crippen LogP contribution in [0.15, 0.2) is 91.0 Å². The van der Waals surface area contributed by atoms with Crippen molar-refractivity contribution in [3.63, 3.8) is 0 Å². The quantitative estimate of drug-likeness (QED) is 0.217. The lowest BCUT2D eigenvalue weighted by Gasteiger charge is -2.39. The number of carbonyl (C=O) groups excluding carboxylic acids is 3. The van der Waals surface area contributed by atoms with Crippen LogP contribution < -0.4 is 11.1 Å². The second kappa shape index (κ2) is 12.8. The Kier molecular flexibility index (Phi) is 8.75. The predicted octanol–water partition coefficient (Wildman–Crippen LogP) is 4.86. The summed E-state index contributed by atoms with van der Waals surface area (Å²) in [5.41, 5.74) is 9.73. The zero-order valence-electron chi connectivity index (χ0n) is 23.2. The zero-order chi connectivity index (χ0) is 28.8. The van der Waals surface area contributed by atoms with Crippen molar-refractivity contribution in [2.24, 2.45) is 5.73 Å². The van der Waals surface area contributed by atoms with E-state index in [-0.39, 0.29) is 11.8 Å². The summed E-state index contributed by atoms with van der Waals surface area (Å²) >= 11 is 0. The van der Waals surface area contributed by atoms with Gasteiger partial charge in [0.25, 0.3) is 0 Å². The van der Waals surface area contributed by atoms with E-state index in [0.29, 0.717) is 31.5 Å². The van der Waals surface area contributed by atoms with Crippen molar-refractivity contribution in [2.75, 3.05) is 13.7 Å². The molecule has 7 nitrogen and oxygen atoms in total. The van der Waals surface area contributed by atoms with Gasteiger partial charge in [-0.2, -0.15) is 0 Å². The Bertz CT molecular complexity index is 1550. The van der Waals surface area contributed by atoms with Gasteiger partial charge < -0.3 is 20.7 Å². The molecule has 0 aromatic heterocycles. The van der Waals surface area contributed by atoms with Crippen LogP contribution in [-0.4, -0.2) is 48.4 Å². The molecule has 1 aliphatic rings. The molecule has 0 bridgehead atoms. The van der Waals surface area contributed by atoms with Crippen LogP contribution in [0, 0.1) is 0 Å². The van der Waals surface area contributed by atoms with Crippen molar-refractivity contribution in [2.45, 2.75) is 44.3 Å². The molecule has 1 fully saturated rings. The summed E-state index contributed by atoms with van der Waals surface area (Å²) in [5.74, 6) is -0.612. The van der Waals surface area contributed by atoms with Gasteiger partial charge in [-0.15, -0.1) is 0 Å². The number of nitrogens with two attached hydrogens (primary N) is 1. The largest absolute Gasteiger partial charge is 0.465 e. The van der Waals surface area contributed by atoms with E-state index in [0.717, 1.165) is 45.9 Å². The van der Waals surface area contributed by atoms with Crippen LogP contribution in [0.2, 0.25) is 0 Å². The van der Waals surface area contributed by atoms with Crippen LogP contribution in [-0.2, 0) is 27.3 Å². The number of hydrogen-bond acceptors (Lipinski definition) is 5. The highest BCUT2D eigenvalue weighted by Gasteiger charge is 2.40. The first kappa shape index (κ1) is 28.1. The molecular formula is C34H35N3O4. The fourth-order valence-electron chi connectivity index (χ4n) is 5.53. The number of rotatable bonds is 10. The highest BCUT2D eigenvalue weighted by atomic mass is 16.5. The molecule has 0 spiro atoms. The summed E-state index contributed by atoms with van der Waals surface area (Å²) in [6.07, 6.45) is 2.53. The van der Waals surface area contributed by atoms with Crippen molar-refractivity contribution >= 4 is 28.6 Å². The molecule has 1 aliphatic heterocycles. The monoisotopic (exact) mass is 549 g/mol. The zero-order valence-corrected chi connectivity index (χ0v) is 23.2. The molecule has 1 heterocycles. The predicted molar refractivity (Wildman–Crippen MR) is 160 cm³/mol. The van der Waals surface area contributed by atoms with Crippen LogP contribution >= 0.6 is 0 Å². The van der Waals surface area contributed by atoms with E-state index in [9.17, 15) is 14.4 Å². The van der Waals surface area contributed by atoms with Crippen molar-refractivity contribution < 1.29 is 19.1 Å². The first-order valence-corrected chi connectivity index (χ1v) is 14.0. The second-order valence-electron chi connectivity index (χ2n) is 10.4. The molecule has 4 aromatic rings. The number of piperazine rings is 1. The minimum Gasteiger partial charge on any atom is -0.465 e. The number of nitrogens with one attached hydrogen (secondary N) is 1. The van der Waals surface area contributed by atoms with E-state index in [2.05, 4.69) is 17.4 Å². The third-order valence-electron chi connectivity index (χ3n) is 7.71. The van der Waals surface area contributed by atoms with Crippen LogP contribution in [0.5, 0.6) is 0 Å². The van der Waals surface area contributed by atoms with E-state index >= 15 is 0 Å². The van der Waals surface area contributed by atoms with E-state index in [1.54, 1.807) is 17.0 Å². The molecule has 7 heteroatoms. The molecule has 3 N–H and O–H groups in total. The highest BCUT2D eigenvalue weighted by Crippen LogP contribution is 2.27. The fourth-order valence-corrected chi connectivity index (χ4v) is 5.53. The van der Waals surface area contributed by atoms with Crippen molar-refractivity contribution in [1.29, 1.82) is 0 Å². The molecule has 0 radical (unpaired) electrons. The smallest absolute Gasteiger partial charge is 0.338 e. The SMILES string of the molecule is COC(=O)c1ccccc1-c1ccc(CN2C(=O)C(Cc3ccc4ccccc4c3)NC(=O)C2CCCCN)cc1. The Hall–Kier alpha value is -4.49. The lowest BCUT2D eigenvalue weighted by molar-refractivity contribution is -0.150. The summed E-state index contributed by atoms with van der Waals surface area (Å²) in [5, 5.41) is 5.24. The third kappa shape index (κ3) is 6.31. The van der Waals surface area contributed by atoms with Gasteiger partial charge >= 0.3 is 5.97 Å². The Morgan fingerprint density at radius 1 is 0.878 bits per heavy atom. The number of nitrogens with zero attached hydrogens (tertiary/aromatic N) is 1. The van der Waals surface area contributed by atoms with Crippen molar-refractivity contribution in [1.82, 2.24) is 10.2 Å². The molecule has 2 amide bonds. The average Bonchev–Trinajstić information content (AvgIpc) is 3.01. The van der Waals surface area contributed by atoms with Gasteiger partial charge in [0, 0.05) is 13.0 Å². The molecule has 1 saturated heterocycles. The molecular weight excluding hydrogens is 514 g/mol. The van der Waals surface area contributed by atoms with Gasteiger partial charge in [-0.05, 0) is 64.9 Å². The first-order valence-electron chi connectivity index (χ1n) is 14.0. The number of fused-ring (bicyclic) bond motifs is 1. The Labute approximate surface area is 240 Å². The lowest BCUT2D eigenvalue weighted by Crippen LogP contribution is -2.63. The van der Waals surface area contributed by atoms with E-state index < -0.39 is 18.1 Å². The maximum absolute atomic E-state index is 13.9. The van der Waals surface area contributed by atoms with Gasteiger partial charge in [0.2, 0.25) is 11.8 Å². The van der Waals surface area contributed by atoms with Crippen LogP contribution in [0.3, 0.4) is 0 Å². The summed E-state index contributed by atoms with van der Waals surface area (Å²) in [7, 11) is 1.37. The number of amides is 2. The Balaban J connectivity index is 1.38. The average molecular weight is 550 g/mol. The van der Waals surface area contributed by atoms with Crippen molar-refractivity contribution in [3.05, 3.63) is 108 Å². The molecule has 4 aromatic carbocycles. The molecule has 2 unspecified atom stereocenters. The number of esters is 1. The van der Waals surface area contributed by atoms with Gasteiger partial charge in [0.1, 0.15) is 12.1 Å². The lowest BCUT2D eigenvalue weighted by atomic mass is 9.95. The van der Waals surface area contributed by atoms with E-state index in [4.69, 9.17) is 10.5 Å². The second-order valence-corrected chi connectivity index (χ2v) is 10.4. The molecule has 41 heavy (non-hydrogen) atoms. The molecule has 210 valence electrons. The van der Waals surface area contributed by atoms with Gasteiger partial charge in [-0.3, -0.25) is 9.59 Å². The third-order valence-corrected chi connectivity index (χ3v) is 7.71. The highest BCUT2D eigenvalue weighted by molar-refractivity contribution is 5.98. The minimum atomic E-state index is -0.638. The molecule has 0 aliphatic carbocycles. The number of methoxy groups -OCH3 is 1. The van der Waals surface area contributed by atoms with Crippen molar-refractivity contribution in [3.8, 4) is 11.1 Å². The number of hydrogen-bond donors (Lipinski definition) is 2. The molecule has 2 atom stereocenters. The van der Waals surface area contributed by atoms with Gasteiger partial charge in [-0.1, -0.05) is 84.9 Å². The topological polar surface area (TPSA) is 102 Å². The number of ether oxygens (including phenoxy) is 1. The van der Waals surface area contributed by atoms with E-state index in [1.807, 2.05) is 66.7 Å². The Morgan fingerprint density at radius 2 is 1.59 bits per heavy atom. The van der Waals surface area contributed by atoms with Crippen LogP contribution in [0.1, 0.15) is 40.7 Å². The molecule has 5 rings (SSSR count). The van der Waals surface area contributed by atoms with E-state index in [1.165, 1.54) is 7.11 Å². The minimum absolute atomic E-state index is 0.0874. The summed E-state index contributed by atoms with van der Waals surface area (Å²) < 4.78 is 4.94. The number of benzene rings is 4. The van der Waals surface area contributed by atoms with Gasteiger partial charge in [0.15, 0.2) is 0 Å².